The predicted molar refractivity (Wildman–Crippen MR) is 167 cm³/mol. The van der Waals surface area contributed by atoms with E-state index in [4.69, 9.17) is 4.74 Å². The number of rotatable bonds is 6. The lowest BCUT2D eigenvalue weighted by Crippen LogP contribution is -2.58. The summed E-state index contributed by atoms with van der Waals surface area (Å²) in [5.74, 6) is -2.56. The molecule has 0 aromatic heterocycles. The molecule has 1 N–H and O–H groups in total. The number of amides is 3. The Morgan fingerprint density at radius 2 is 1.59 bits per heavy atom. The number of hydrogen-bond acceptors (Lipinski definition) is 5. The predicted octanol–water partition coefficient (Wildman–Crippen LogP) is 4.08. The normalized spacial score (nSPS) is 30.3. The highest BCUT2D eigenvalue weighted by Gasteiger charge is 2.75. The zero-order valence-electron chi connectivity index (χ0n) is 25.0. The summed E-state index contributed by atoms with van der Waals surface area (Å²) in [6.07, 6.45) is 8.02. The van der Waals surface area contributed by atoms with Crippen molar-refractivity contribution in [1.29, 1.82) is 0 Å². The maximum absolute atomic E-state index is 14.8. The number of anilines is 1. The molecule has 4 aliphatic rings. The minimum absolute atomic E-state index is 0.175. The van der Waals surface area contributed by atoms with Crippen LogP contribution in [0, 0.1) is 11.8 Å². The van der Waals surface area contributed by atoms with Crippen LogP contribution in [0.25, 0.3) is 10.8 Å². The van der Waals surface area contributed by atoms with Crippen LogP contribution in [0.2, 0.25) is 0 Å². The summed E-state index contributed by atoms with van der Waals surface area (Å²) in [7, 11) is 0. The van der Waals surface area contributed by atoms with Gasteiger partial charge in [0.2, 0.25) is 11.8 Å². The summed E-state index contributed by atoms with van der Waals surface area (Å²) in [5.41, 5.74) is -0.772. The smallest absolute Gasteiger partial charge is 0.253 e. The van der Waals surface area contributed by atoms with Crippen molar-refractivity contribution in [3.63, 3.8) is 0 Å². The van der Waals surface area contributed by atoms with Crippen LogP contribution in [-0.2, 0) is 25.7 Å². The van der Waals surface area contributed by atoms with Crippen molar-refractivity contribution in [2.45, 2.75) is 50.1 Å². The van der Waals surface area contributed by atoms with Gasteiger partial charge in [-0.25, -0.2) is 0 Å². The monoisotopic (exact) mass is 591 g/mol. The van der Waals surface area contributed by atoms with Gasteiger partial charge in [-0.05, 0) is 41.8 Å². The second kappa shape index (κ2) is 10.7. The molecule has 0 aliphatic carbocycles. The molecule has 0 bridgehead atoms. The van der Waals surface area contributed by atoms with Gasteiger partial charge in [0, 0.05) is 25.3 Å². The van der Waals surface area contributed by atoms with Crippen molar-refractivity contribution in [3.05, 3.63) is 103 Å². The topological polar surface area (TPSA) is 90.4 Å². The number of fused-ring (bicyclic) bond motifs is 3. The van der Waals surface area contributed by atoms with E-state index in [1.807, 2.05) is 111 Å². The highest BCUT2D eigenvalue weighted by molar-refractivity contribution is 6.07. The summed E-state index contributed by atoms with van der Waals surface area (Å²) in [6.45, 7) is 4.52. The van der Waals surface area contributed by atoms with Gasteiger partial charge in [-0.2, -0.15) is 0 Å². The van der Waals surface area contributed by atoms with Crippen LogP contribution in [0.3, 0.4) is 0 Å². The molecular formula is C36H37N3O5. The van der Waals surface area contributed by atoms with Crippen LogP contribution >= 0.6 is 0 Å². The van der Waals surface area contributed by atoms with Crippen molar-refractivity contribution in [1.82, 2.24) is 9.80 Å². The Morgan fingerprint density at radius 3 is 2.34 bits per heavy atom. The zero-order chi connectivity index (χ0) is 30.6. The first-order valence-electron chi connectivity index (χ1n) is 15.4. The number of hydrogen-bond donors (Lipinski definition) is 1. The number of nitrogens with zero attached hydrogens (tertiary/aromatic N) is 3. The first-order chi connectivity index (χ1) is 21.3. The third-order valence-corrected chi connectivity index (χ3v) is 9.91. The van der Waals surface area contributed by atoms with Crippen LogP contribution < -0.4 is 4.90 Å². The Labute approximate surface area is 257 Å². The van der Waals surface area contributed by atoms with Gasteiger partial charge in [-0.3, -0.25) is 14.4 Å². The second-order valence-corrected chi connectivity index (χ2v) is 12.5. The molecule has 2 saturated heterocycles. The third kappa shape index (κ3) is 4.23. The van der Waals surface area contributed by atoms with Gasteiger partial charge in [0.25, 0.3) is 5.91 Å². The van der Waals surface area contributed by atoms with E-state index in [2.05, 4.69) is 0 Å². The average molecular weight is 592 g/mol. The highest BCUT2D eigenvalue weighted by atomic mass is 16.5. The van der Waals surface area contributed by atoms with Gasteiger partial charge in [-0.15, -0.1) is 0 Å². The Bertz CT molecular complexity index is 1680. The lowest BCUT2D eigenvalue weighted by Gasteiger charge is -2.40. The van der Waals surface area contributed by atoms with Crippen molar-refractivity contribution in [2.24, 2.45) is 11.8 Å². The summed E-state index contributed by atoms with van der Waals surface area (Å²) >= 11 is 0. The lowest BCUT2D eigenvalue weighted by atomic mass is 9.74. The number of likely N-dealkylation sites (tertiary alicyclic amines) is 1. The van der Waals surface area contributed by atoms with E-state index >= 15 is 0 Å². The molecule has 8 heteroatoms. The average Bonchev–Trinajstić information content (AvgIpc) is 3.31. The lowest BCUT2D eigenvalue weighted by molar-refractivity contribution is -0.151. The van der Waals surface area contributed by atoms with E-state index < -0.39 is 35.1 Å². The van der Waals surface area contributed by atoms with Crippen molar-refractivity contribution >= 4 is 34.2 Å². The van der Waals surface area contributed by atoms with Crippen molar-refractivity contribution < 1.29 is 24.2 Å². The van der Waals surface area contributed by atoms with E-state index in [-0.39, 0.29) is 30.9 Å². The van der Waals surface area contributed by atoms with Crippen molar-refractivity contribution in [3.8, 4) is 0 Å². The van der Waals surface area contributed by atoms with Gasteiger partial charge in [-0.1, -0.05) is 91.9 Å². The van der Waals surface area contributed by atoms with Crippen LogP contribution in [-0.4, -0.2) is 75.6 Å². The SMILES string of the molecule is CC[C@@H](CO)N1C(=O)[C@@H]2[C@H]3C(=O)N(Cc4ccccc4)CC=C[C@@]3(C)O[C@@]23C=CCN(c2ccc4ccccc4c2)C(=O)C13. The minimum Gasteiger partial charge on any atom is -0.394 e. The Hall–Kier alpha value is -4.27. The molecule has 4 aliphatic heterocycles. The summed E-state index contributed by atoms with van der Waals surface area (Å²) in [5, 5.41) is 12.5. The molecule has 0 radical (unpaired) electrons. The Balaban J connectivity index is 1.33. The number of carbonyl (C=O) groups is 3. The third-order valence-electron chi connectivity index (χ3n) is 9.91. The zero-order valence-corrected chi connectivity index (χ0v) is 25.0. The van der Waals surface area contributed by atoms with E-state index in [1.165, 1.54) is 4.90 Å². The maximum atomic E-state index is 14.8. The molecule has 3 amide bonds. The summed E-state index contributed by atoms with van der Waals surface area (Å²) in [4.78, 5) is 48.9. The van der Waals surface area contributed by atoms with E-state index in [1.54, 1.807) is 9.80 Å². The molecule has 1 unspecified atom stereocenters. The Kier molecular flexibility index (Phi) is 6.94. The van der Waals surface area contributed by atoms with E-state index in [0.717, 1.165) is 16.3 Å². The quantitative estimate of drug-likeness (QED) is 0.437. The van der Waals surface area contributed by atoms with Gasteiger partial charge in [0.05, 0.1) is 30.1 Å². The van der Waals surface area contributed by atoms with Crippen LogP contribution in [0.15, 0.2) is 97.1 Å². The van der Waals surface area contributed by atoms with Gasteiger partial charge in [0.1, 0.15) is 11.6 Å². The van der Waals surface area contributed by atoms with Crippen LogP contribution in [0.4, 0.5) is 5.69 Å². The van der Waals surface area contributed by atoms with Gasteiger partial charge < -0.3 is 24.5 Å². The molecule has 4 heterocycles. The first kappa shape index (κ1) is 28.5. The molecule has 6 atom stereocenters. The van der Waals surface area contributed by atoms with Crippen molar-refractivity contribution in [2.75, 3.05) is 24.6 Å². The molecule has 2 fully saturated rings. The first-order valence-corrected chi connectivity index (χ1v) is 15.4. The fourth-order valence-corrected chi connectivity index (χ4v) is 7.84. The molecule has 1 spiro atoms. The summed E-state index contributed by atoms with van der Waals surface area (Å²) in [6, 6.07) is 22.0. The number of carbonyl (C=O) groups excluding carboxylic acids is 3. The number of benzene rings is 3. The van der Waals surface area contributed by atoms with E-state index in [9.17, 15) is 19.5 Å². The molecular weight excluding hydrogens is 554 g/mol. The standard InChI is InChI=1S/C36H37N3O5/c1-3-27(23-40)39-31-34(43)38(28-16-15-25-13-7-8-14-26(25)21-28)20-10-18-36(31)30(33(39)42)29-32(41)37(19-9-17-35(29,2)44-36)22-24-11-5-4-6-12-24/h4-18,21,27,29-31,40H,3,19-20,22-23H2,1-2H3/t27-,29-,30-,31?,35+,36-/m0/s1. The minimum atomic E-state index is -1.38. The number of aliphatic hydroxyl groups excluding tert-OH is 1. The van der Waals surface area contributed by atoms with Crippen LogP contribution in [0.1, 0.15) is 25.8 Å². The molecule has 3 aromatic carbocycles. The number of ether oxygens (including phenoxy) is 1. The summed E-state index contributed by atoms with van der Waals surface area (Å²) < 4.78 is 6.95. The fraction of sp³-hybridized carbons (Fsp3) is 0.361. The fourth-order valence-electron chi connectivity index (χ4n) is 7.84. The van der Waals surface area contributed by atoms with Crippen LogP contribution in [0.5, 0.6) is 0 Å². The molecule has 3 aromatic rings. The van der Waals surface area contributed by atoms with Gasteiger partial charge >= 0.3 is 0 Å². The maximum Gasteiger partial charge on any atom is 0.253 e. The largest absolute Gasteiger partial charge is 0.394 e. The number of aliphatic hydroxyl groups is 1. The molecule has 44 heavy (non-hydrogen) atoms. The second-order valence-electron chi connectivity index (χ2n) is 12.5. The molecule has 8 nitrogen and oxygen atoms in total. The van der Waals surface area contributed by atoms with Gasteiger partial charge in [0.15, 0.2) is 0 Å². The van der Waals surface area contributed by atoms with E-state index in [0.29, 0.717) is 25.2 Å². The molecule has 0 saturated carbocycles. The highest BCUT2D eigenvalue weighted by Crippen LogP contribution is 2.58. The molecule has 226 valence electrons. The Morgan fingerprint density at radius 1 is 0.864 bits per heavy atom. The molecule has 7 rings (SSSR count).